The second-order valence-corrected chi connectivity index (χ2v) is 5.86. The first kappa shape index (κ1) is 16.2. The van der Waals surface area contributed by atoms with E-state index in [2.05, 4.69) is 45.4 Å². The third kappa shape index (κ3) is 3.16. The molecule has 0 aliphatic carbocycles. The number of benzene rings is 1. The smallest absolute Gasteiger partial charge is 0.254 e. The normalized spacial score (nSPS) is 12.5. The number of nitrogens with zero attached hydrogens (tertiary/aromatic N) is 5. The Kier molecular flexibility index (Phi) is 4.61. The van der Waals surface area contributed by atoms with Gasteiger partial charge in [0.05, 0.1) is 13.2 Å². The standard InChI is InChI=1S/C17H22N6O/c1-12-9-16(23-17(21-12)19-11-20-23)18-10-14(22(2)3)13-7-5-6-8-15(13)24-4/h5-9,11,14,18H,10H2,1-4H3. The van der Waals surface area contributed by atoms with E-state index in [9.17, 15) is 0 Å². The van der Waals surface area contributed by atoms with Crippen molar-refractivity contribution in [1.29, 1.82) is 0 Å². The number of fused-ring (bicyclic) bond motifs is 1. The quantitative estimate of drug-likeness (QED) is 0.749. The fraction of sp³-hybridized carbons (Fsp3) is 0.353. The highest BCUT2D eigenvalue weighted by molar-refractivity contribution is 5.45. The fourth-order valence-corrected chi connectivity index (χ4v) is 2.77. The first-order chi connectivity index (χ1) is 11.6. The lowest BCUT2D eigenvalue weighted by molar-refractivity contribution is 0.299. The van der Waals surface area contributed by atoms with Gasteiger partial charge < -0.3 is 15.0 Å². The number of rotatable bonds is 6. The van der Waals surface area contributed by atoms with Crippen LogP contribution in [-0.4, -0.2) is 52.2 Å². The van der Waals surface area contributed by atoms with Crippen molar-refractivity contribution in [3.8, 4) is 5.75 Å². The van der Waals surface area contributed by atoms with Crippen molar-refractivity contribution < 1.29 is 4.74 Å². The van der Waals surface area contributed by atoms with Crippen molar-refractivity contribution in [3.05, 3.63) is 47.9 Å². The molecule has 0 bridgehead atoms. The van der Waals surface area contributed by atoms with Gasteiger partial charge in [-0.15, -0.1) is 0 Å². The number of likely N-dealkylation sites (N-methyl/N-ethyl adjacent to an activating group) is 1. The largest absolute Gasteiger partial charge is 0.496 e. The van der Waals surface area contributed by atoms with Crippen LogP contribution in [0.25, 0.3) is 5.78 Å². The monoisotopic (exact) mass is 326 g/mol. The Morgan fingerprint density at radius 3 is 2.83 bits per heavy atom. The van der Waals surface area contributed by atoms with E-state index < -0.39 is 0 Å². The van der Waals surface area contributed by atoms with Gasteiger partial charge in [0, 0.05) is 23.9 Å². The van der Waals surface area contributed by atoms with E-state index in [1.807, 2.05) is 31.2 Å². The second-order valence-electron chi connectivity index (χ2n) is 5.86. The number of hydrogen-bond acceptors (Lipinski definition) is 6. The minimum atomic E-state index is 0.146. The van der Waals surface area contributed by atoms with Crippen LogP contribution in [0.5, 0.6) is 5.75 Å². The van der Waals surface area contributed by atoms with Crippen molar-refractivity contribution in [3.63, 3.8) is 0 Å². The molecule has 0 aliphatic heterocycles. The lowest BCUT2D eigenvalue weighted by atomic mass is 10.0. The first-order valence-corrected chi connectivity index (χ1v) is 7.80. The fourth-order valence-electron chi connectivity index (χ4n) is 2.77. The zero-order valence-electron chi connectivity index (χ0n) is 14.4. The molecule has 1 atom stereocenters. The van der Waals surface area contributed by atoms with E-state index in [1.165, 1.54) is 6.33 Å². The summed E-state index contributed by atoms with van der Waals surface area (Å²) in [6.45, 7) is 2.65. The molecule has 0 aliphatic rings. The predicted octanol–water partition coefficient (Wildman–Crippen LogP) is 2.16. The van der Waals surface area contributed by atoms with Gasteiger partial charge in [0.2, 0.25) is 0 Å². The van der Waals surface area contributed by atoms with Crippen LogP contribution in [0.1, 0.15) is 17.3 Å². The summed E-state index contributed by atoms with van der Waals surface area (Å²) < 4.78 is 7.22. The van der Waals surface area contributed by atoms with Gasteiger partial charge in [0.1, 0.15) is 17.9 Å². The molecular weight excluding hydrogens is 304 g/mol. The lowest BCUT2D eigenvalue weighted by Crippen LogP contribution is -2.28. The van der Waals surface area contributed by atoms with Gasteiger partial charge in [0.25, 0.3) is 5.78 Å². The van der Waals surface area contributed by atoms with Crippen LogP contribution < -0.4 is 10.1 Å². The summed E-state index contributed by atoms with van der Waals surface area (Å²) in [6.07, 6.45) is 1.51. The number of anilines is 1. The molecule has 0 fully saturated rings. The van der Waals surface area contributed by atoms with E-state index in [-0.39, 0.29) is 6.04 Å². The number of hydrogen-bond donors (Lipinski definition) is 1. The van der Waals surface area contributed by atoms with Crippen LogP contribution in [-0.2, 0) is 0 Å². The molecule has 1 unspecified atom stereocenters. The Bertz CT molecular complexity index is 829. The van der Waals surface area contributed by atoms with Crippen LogP contribution in [0.4, 0.5) is 5.82 Å². The minimum absolute atomic E-state index is 0.146. The maximum Gasteiger partial charge on any atom is 0.254 e. The second kappa shape index (κ2) is 6.84. The molecule has 1 N–H and O–H groups in total. The number of aromatic nitrogens is 4. The third-order valence-corrected chi connectivity index (χ3v) is 3.98. The molecule has 2 heterocycles. The Morgan fingerprint density at radius 2 is 2.08 bits per heavy atom. The average molecular weight is 326 g/mol. The first-order valence-electron chi connectivity index (χ1n) is 7.80. The molecule has 3 rings (SSSR count). The van der Waals surface area contributed by atoms with Crippen LogP contribution in [0.3, 0.4) is 0 Å². The van der Waals surface area contributed by atoms with Gasteiger partial charge in [-0.25, -0.2) is 4.98 Å². The zero-order chi connectivity index (χ0) is 17.1. The van der Waals surface area contributed by atoms with Gasteiger partial charge in [0.15, 0.2) is 0 Å². The molecule has 7 heteroatoms. The Morgan fingerprint density at radius 1 is 1.29 bits per heavy atom. The topological polar surface area (TPSA) is 67.6 Å². The molecule has 24 heavy (non-hydrogen) atoms. The van der Waals surface area contributed by atoms with Crippen molar-refractivity contribution in [2.75, 3.05) is 33.1 Å². The molecule has 2 aromatic heterocycles. The number of para-hydroxylation sites is 1. The van der Waals surface area contributed by atoms with Gasteiger partial charge in [-0.1, -0.05) is 18.2 Å². The van der Waals surface area contributed by atoms with Crippen LogP contribution in [0.15, 0.2) is 36.7 Å². The van der Waals surface area contributed by atoms with E-state index in [0.29, 0.717) is 12.3 Å². The van der Waals surface area contributed by atoms with Gasteiger partial charge in [-0.2, -0.15) is 14.6 Å². The van der Waals surface area contributed by atoms with Crippen molar-refractivity contribution >= 4 is 11.6 Å². The Labute approximate surface area is 141 Å². The minimum Gasteiger partial charge on any atom is -0.496 e. The highest BCUT2D eigenvalue weighted by atomic mass is 16.5. The molecule has 0 saturated heterocycles. The van der Waals surface area contributed by atoms with Gasteiger partial charge in [-0.3, -0.25) is 0 Å². The van der Waals surface area contributed by atoms with Crippen molar-refractivity contribution in [2.24, 2.45) is 0 Å². The van der Waals surface area contributed by atoms with Crippen LogP contribution >= 0.6 is 0 Å². The molecule has 7 nitrogen and oxygen atoms in total. The molecule has 0 saturated carbocycles. The van der Waals surface area contributed by atoms with E-state index in [4.69, 9.17) is 4.74 Å². The van der Waals surface area contributed by atoms with E-state index >= 15 is 0 Å². The zero-order valence-corrected chi connectivity index (χ0v) is 14.4. The molecule has 0 amide bonds. The number of ether oxygens (including phenoxy) is 1. The Hall–Kier alpha value is -2.67. The third-order valence-electron chi connectivity index (χ3n) is 3.98. The summed E-state index contributed by atoms with van der Waals surface area (Å²) in [4.78, 5) is 10.7. The summed E-state index contributed by atoms with van der Waals surface area (Å²) >= 11 is 0. The summed E-state index contributed by atoms with van der Waals surface area (Å²) in [5.41, 5.74) is 2.04. The maximum absolute atomic E-state index is 5.51. The van der Waals surface area contributed by atoms with Crippen LogP contribution in [0, 0.1) is 6.92 Å². The Balaban J connectivity index is 1.88. The molecule has 1 aromatic carbocycles. The molecular formula is C17H22N6O. The lowest BCUT2D eigenvalue weighted by Gasteiger charge is -2.27. The van der Waals surface area contributed by atoms with Gasteiger partial charge in [-0.05, 0) is 27.1 Å². The summed E-state index contributed by atoms with van der Waals surface area (Å²) in [6, 6.07) is 10.2. The van der Waals surface area contributed by atoms with Crippen molar-refractivity contribution in [2.45, 2.75) is 13.0 Å². The van der Waals surface area contributed by atoms with Crippen molar-refractivity contribution in [1.82, 2.24) is 24.5 Å². The van der Waals surface area contributed by atoms with Crippen LogP contribution in [0.2, 0.25) is 0 Å². The number of aryl methyl sites for hydroxylation is 1. The highest BCUT2D eigenvalue weighted by Gasteiger charge is 2.18. The number of nitrogens with one attached hydrogen (secondary N) is 1. The summed E-state index contributed by atoms with van der Waals surface area (Å²) in [5, 5.41) is 7.70. The van der Waals surface area contributed by atoms with E-state index in [0.717, 1.165) is 22.8 Å². The SMILES string of the molecule is COc1ccccc1C(CNc1cc(C)nc2ncnn12)N(C)C. The highest BCUT2D eigenvalue weighted by Crippen LogP contribution is 2.28. The molecule has 0 spiro atoms. The van der Waals surface area contributed by atoms with Gasteiger partial charge >= 0.3 is 0 Å². The molecule has 0 radical (unpaired) electrons. The average Bonchev–Trinajstić information content (AvgIpc) is 3.03. The van der Waals surface area contributed by atoms with E-state index in [1.54, 1.807) is 11.6 Å². The molecule has 126 valence electrons. The summed E-state index contributed by atoms with van der Waals surface area (Å²) in [7, 11) is 5.81. The number of methoxy groups -OCH3 is 1. The predicted molar refractivity (Wildman–Crippen MR) is 93.4 cm³/mol. The summed E-state index contributed by atoms with van der Waals surface area (Å²) in [5.74, 6) is 2.35. The molecule has 3 aromatic rings. The maximum atomic E-state index is 5.51.